The molecule has 0 aliphatic carbocycles. The molecule has 1 N–H and O–H groups in total. The van der Waals surface area contributed by atoms with Crippen LogP contribution in [0.5, 0.6) is 0 Å². The van der Waals surface area contributed by atoms with Crippen LogP contribution in [0.2, 0.25) is 0 Å². The second-order valence-electron chi connectivity index (χ2n) is 5.83. The molecular formula is C13H26O2. The first kappa shape index (κ1) is 14.5. The number of carbonyl (C=O) groups is 1. The van der Waals surface area contributed by atoms with Crippen molar-refractivity contribution in [2.75, 3.05) is 0 Å². The average molecular weight is 214 g/mol. The second-order valence-corrected chi connectivity index (χ2v) is 5.83. The Balaban J connectivity index is 4.29. The number of carboxylic acids is 1. The van der Waals surface area contributed by atoms with E-state index >= 15 is 0 Å². The number of hydrogen-bond acceptors (Lipinski definition) is 1. The third-order valence-electron chi connectivity index (χ3n) is 2.81. The van der Waals surface area contributed by atoms with Crippen molar-refractivity contribution in [2.45, 2.75) is 60.3 Å². The zero-order chi connectivity index (χ0) is 12.1. The van der Waals surface area contributed by atoms with Gasteiger partial charge in [-0.3, -0.25) is 4.79 Å². The summed E-state index contributed by atoms with van der Waals surface area (Å²) >= 11 is 0. The van der Waals surface area contributed by atoms with Crippen LogP contribution in [0.4, 0.5) is 0 Å². The summed E-state index contributed by atoms with van der Waals surface area (Å²) in [5, 5.41) is 9.17. The smallest absolute Gasteiger partial charge is 0.306 e. The van der Waals surface area contributed by atoms with Gasteiger partial charge < -0.3 is 5.11 Å². The molecule has 0 saturated carbocycles. The van der Waals surface area contributed by atoms with Gasteiger partial charge in [-0.25, -0.2) is 0 Å². The molecule has 0 heterocycles. The van der Waals surface area contributed by atoms with Gasteiger partial charge in [0, 0.05) is 0 Å². The van der Waals surface area contributed by atoms with E-state index in [0.29, 0.717) is 0 Å². The van der Waals surface area contributed by atoms with Crippen molar-refractivity contribution in [1.82, 2.24) is 0 Å². The fourth-order valence-corrected chi connectivity index (χ4v) is 2.18. The molecule has 2 nitrogen and oxygen atoms in total. The lowest BCUT2D eigenvalue weighted by Crippen LogP contribution is -2.25. The number of aliphatic carboxylic acids is 1. The minimum absolute atomic E-state index is 0.163. The SMILES string of the molecule is CCCCC(C(=O)O)C(C)CC(C)(C)C. The van der Waals surface area contributed by atoms with E-state index in [0.717, 1.165) is 25.7 Å². The molecule has 0 aliphatic heterocycles. The van der Waals surface area contributed by atoms with Crippen molar-refractivity contribution in [2.24, 2.45) is 17.3 Å². The van der Waals surface area contributed by atoms with Gasteiger partial charge in [0.15, 0.2) is 0 Å². The van der Waals surface area contributed by atoms with E-state index in [4.69, 9.17) is 5.11 Å². The molecular weight excluding hydrogens is 188 g/mol. The Kier molecular flexibility index (Phi) is 5.92. The average Bonchev–Trinajstić information content (AvgIpc) is 2.00. The highest BCUT2D eigenvalue weighted by molar-refractivity contribution is 5.70. The summed E-state index contributed by atoms with van der Waals surface area (Å²) in [5.41, 5.74) is 0.222. The summed E-state index contributed by atoms with van der Waals surface area (Å²) in [6, 6.07) is 0. The molecule has 2 unspecified atom stereocenters. The fourth-order valence-electron chi connectivity index (χ4n) is 2.18. The molecule has 0 aromatic heterocycles. The minimum atomic E-state index is -0.625. The number of hydrogen-bond donors (Lipinski definition) is 1. The van der Waals surface area contributed by atoms with Crippen LogP contribution in [0.15, 0.2) is 0 Å². The Hall–Kier alpha value is -0.530. The first-order chi connectivity index (χ1) is 6.78. The van der Waals surface area contributed by atoms with Crippen molar-refractivity contribution >= 4 is 5.97 Å². The highest BCUT2D eigenvalue weighted by Gasteiger charge is 2.27. The molecule has 0 spiro atoms. The van der Waals surface area contributed by atoms with E-state index in [2.05, 4.69) is 34.6 Å². The molecule has 15 heavy (non-hydrogen) atoms. The lowest BCUT2D eigenvalue weighted by Gasteiger charge is -2.27. The Morgan fingerprint density at radius 3 is 2.20 bits per heavy atom. The molecule has 0 radical (unpaired) electrons. The van der Waals surface area contributed by atoms with Crippen molar-refractivity contribution in [3.8, 4) is 0 Å². The zero-order valence-electron chi connectivity index (χ0n) is 10.8. The molecule has 0 fully saturated rings. The Labute approximate surface area is 94.1 Å². The fraction of sp³-hybridized carbons (Fsp3) is 0.923. The molecule has 0 aromatic carbocycles. The van der Waals surface area contributed by atoms with Crippen LogP contribution >= 0.6 is 0 Å². The number of unbranched alkanes of at least 4 members (excludes halogenated alkanes) is 1. The number of carboxylic acid groups (broad SMARTS) is 1. The van der Waals surface area contributed by atoms with Crippen LogP contribution in [-0.4, -0.2) is 11.1 Å². The lowest BCUT2D eigenvalue weighted by molar-refractivity contribution is -0.144. The van der Waals surface area contributed by atoms with Gasteiger partial charge in [0.25, 0.3) is 0 Å². The summed E-state index contributed by atoms with van der Waals surface area (Å²) in [4.78, 5) is 11.1. The first-order valence-corrected chi connectivity index (χ1v) is 6.00. The second kappa shape index (κ2) is 6.14. The van der Waals surface area contributed by atoms with Crippen LogP contribution in [0.25, 0.3) is 0 Å². The van der Waals surface area contributed by atoms with Crippen molar-refractivity contribution in [3.63, 3.8) is 0 Å². The van der Waals surface area contributed by atoms with Gasteiger partial charge in [-0.1, -0.05) is 47.5 Å². The van der Waals surface area contributed by atoms with E-state index in [1.165, 1.54) is 0 Å². The van der Waals surface area contributed by atoms with Gasteiger partial charge in [0.1, 0.15) is 0 Å². The van der Waals surface area contributed by atoms with E-state index in [1.54, 1.807) is 0 Å². The van der Waals surface area contributed by atoms with E-state index in [-0.39, 0.29) is 17.3 Å². The Morgan fingerprint density at radius 2 is 1.87 bits per heavy atom. The zero-order valence-corrected chi connectivity index (χ0v) is 10.8. The van der Waals surface area contributed by atoms with Gasteiger partial charge in [-0.2, -0.15) is 0 Å². The summed E-state index contributed by atoms with van der Waals surface area (Å²) in [6.45, 7) is 10.7. The molecule has 0 rings (SSSR count). The van der Waals surface area contributed by atoms with Gasteiger partial charge in [0.05, 0.1) is 5.92 Å². The monoisotopic (exact) mass is 214 g/mol. The van der Waals surface area contributed by atoms with Crippen LogP contribution in [0.1, 0.15) is 60.3 Å². The van der Waals surface area contributed by atoms with Crippen LogP contribution in [0, 0.1) is 17.3 Å². The van der Waals surface area contributed by atoms with Gasteiger partial charge in [-0.05, 0) is 24.2 Å². The highest BCUT2D eigenvalue weighted by Crippen LogP contribution is 2.31. The summed E-state index contributed by atoms with van der Waals surface area (Å²) in [7, 11) is 0. The third-order valence-corrected chi connectivity index (χ3v) is 2.81. The van der Waals surface area contributed by atoms with Crippen LogP contribution in [-0.2, 0) is 4.79 Å². The normalized spacial score (nSPS) is 16.1. The molecule has 90 valence electrons. The van der Waals surface area contributed by atoms with Gasteiger partial charge in [-0.15, -0.1) is 0 Å². The summed E-state index contributed by atoms with van der Waals surface area (Å²) < 4.78 is 0. The maximum absolute atomic E-state index is 11.1. The van der Waals surface area contributed by atoms with E-state index < -0.39 is 5.97 Å². The molecule has 2 heteroatoms. The minimum Gasteiger partial charge on any atom is -0.481 e. The molecule has 0 bridgehead atoms. The topological polar surface area (TPSA) is 37.3 Å². The Bertz CT molecular complexity index is 191. The standard InChI is InChI=1S/C13H26O2/c1-6-7-8-11(12(14)15)10(2)9-13(3,4)5/h10-11H,6-9H2,1-5H3,(H,14,15). The third kappa shape index (κ3) is 6.53. The number of rotatable bonds is 6. The lowest BCUT2D eigenvalue weighted by atomic mass is 9.78. The predicted molar refractivity (Wildman–Crippen MR) is 63.9 cm³/mol. The maximum Gasteiger partial charge on any atom is 0.306 e. The quantitative estimate of drug-likeness (QED) is 0.727. The Morgan fingerprint density at radius 1 is 1.33 bits per heavy atom. The molecule has 2 atom stereocenters. The predicted octanol–water partition coefficient (Wildman–Crippen LogP) is 3.95. The van der Waals surface area contributed by atoms with E-state index in [9.17, 15) is 4.79 Å². The van der Waals surface area contributed by atoms with Gasteiger partial charge >= 0.3 is 5.97 Å². The van der Waals surface area contributed by atoms with Gasteiger partial charge in [0.2, 0.25) is 0 Å². The largest absolute Gasteiger partial charge is 0.481 e. The molecule has 0 saturated heterocycles. The highest BCUT2D eigenvalue weighted by atomic mass is 16.4. The van der Waals surface area contributed by atoms with Crippen LogP contribution < -0.4 is 0 Å². The maximum atomic E-state index is 11.1. The molecule has 0 amide bonds. The van der Waals surface area contributed by atoms with E-state index in [1.807, 2.05) is 0 Å². The molecule has 0 aromatic rings. The first-order valence-electron chi connectivity index (χ1n) is 6.00. The summed E-state index contributed by atoms with van der Waals surface area (Å²) in [6.07, 6.45) is 3.90. The van der Waals surface area contributed by atoms with Crippen molar-refractivity contribution in [3.05, 3.63) is 0 Å². The molecule has 0 aliphatic rings. The van der Waals surface area contributed by atoms with Crippen molar-refractivity contribution < 1.29 is 9.90 Å². The van der Waals surface area contributed by atoms with Crippen molar-refractivity contribution in [1.29, 1.82) is 0 Å². The van der Waals surface area contributed by atoms with Crippen LogP contribution in [0.3, 0.4) is 0 Å². The summed E-state index contributed by atoms with van der Waals surface area (Å²) in [5.74, 6) is -0.515.